The van der Waals surface area contributed by atoms with Gasteiger partial charge in [-0.15, -0.1) is 0 Å². The van der Waals surface area contributed by atoms with Crippen molar-refractivity contribution in [2.24, 2.45) is 5.92 Å². The van der Waals surface area contributed by atoms with E-state index >= 15 is 0 Å². The minimum absolute atomic E-state index is 0.00644. The van der Waals surface area contributed by atoms with Crippen LogP contribution in [0.25, 0.3) is 5.57 Å². The van der Waals surface area contributed by atoms with Crippen molar-refractivity contribution in [2.45, 2.75) is 32.8 Å². The van der Waals surface area contributed by atoms with E-state index in [4.69, 9.17) is 4.74 Å². The molecule has 0 aromatic heterocycles. The molecule has 2 nitrogen and oxygen atoms in total. The molecule has 1 unspecified atom stereocenters. The first-order valence-electron chi connectivity index (χ1n) is 6.21. The highest BCUT2D eigenvalue weighted by atomic mass is 19.3. The molecule has 0 spiro atoms. The molecule has 0 saturated carbocycles. The summed E-state index contributed by atoms with van der Waals surface area (Å²) in [5, 5.41) is 0. The number of alkyl halides is 2. The summed E-state index contributed by atoms with van der Waals surface area (Å²) in [5.74, 6) is -3.70. The molecule has 0 radical (unpaired) electrons. The fourth-order valence-electron chi connectivity index (χ4n) is 2.22. The molecular formula is C15H16F2O2. The van der Waals surface area contributed by atoms with E-state index in [1.807, 2.05) is 0 Å². The predicted octanol–water partition coefficient (Wildman–Crippen LogP) is 3.68. The van der Waals surface area contributed by atoms with Gasteiger partial charge in [-0.05, 0) is 11.5 Å². The van der Waals surface area contributed by atoms with Crippen molar-refractivity contribution in [3.63, 3.8) is 0 Å². The molecule has 0 bridgehead atoms. The van der Waals surface area contributed by atoms with E-state index in [0.717, 1.165) is 0 Å². The van der Waals surface area contributed by atoms with Gasteiger partial charge in [0, 0.05) is 12.5 Å². The van der Waals surface area contributed by atoms with Gasteiger partial charge >= 0.3 is 5.97 Å². The van der Waals surface area contributed by atoms with Gasteiger partial charge in [0.25, 0.3) is 5.92 Å². The van der Waals surface area contributed by atoms with Gasteiger partial charge in [-0.2, -0.15) is 8.78 Å². The first kappa shape index (κ1) is 13.7. The van der Waals surface area contributed by atoms with Crippen LogP contribution in [-0.2, 0) is 9.53 Å². The number of halogens is 2. The Balaban J connectivity index is 2.36. The van der Waals surface area contributed by atoms with E-state index in [9.17, 15) is 13.6 Å². The van der Waals surface area contributed by atoms with E-state index < -0.39 is 18.0 Å². The third-order valence-electron chi connectivity index (χ3n) is 3.10. The molecule has 1 aliphatic carbocycles. The fraction of sp³-hybridized carbons (Fsp3) is 0.400. The number of ether oxygens (including phenoxy) is 1. The lowest BCUT2D eigenvalue weighted by molar-refractivity contribution is -0.146. The van der Waals surface area contributed by atoms with Crippen molar-refractivity contribution in [3.05, 3.63) is 41.5 Å². The van der Waals surface area contributed by atoms with Gasteiger partial charge in [-0.25, -0.2) is 0 Å². The zero-order valence-electron chi connectivity index (χ0n) is 11.1. The average Bonchev–Trinajstić information content (AvgIpc) is 2.89. The molecule has 0 fully saturated rings. The minimum atomic E-state index is -2.97. The average molecular weight is 266 g/mol. The van der Waals surface area contributed by atoms with Gasteiger partial charge in [-0.1, -0.05) is 44.2 Å². The van der Waals surface area contributed by atoms with Crippen molar-refractivity contribution in [1.82, 2.24) is 0 Å². The van der Waals surface area contributed by atoms with E-state index in [2.05, 4.69) is 0 Å². The number of allylic oxidation sites excluding steroid dienone is 1. The SMILES string of the molecule is CC(=O)OC(C1=C(c2ccccc2)C1(F)F)C(C)C. The number of esters is 1. The minimum Gasteiger partial charge on any atom is -0.457 e. The molecule has 1 aromatic carbocycles. The van der Waals surface area contributed by atoms with Crippen LogP contribution in [0.3, 0.4) is 0 Å². The van der Waals surface area contributed by atoms with E-state index in [1.165, 1.54) is 6.92 Å². The lowest BCUT2D eigenvalue weighted by atomic mass is 10.0. The fourth-order valence-corrected chi connectivity index (χ4v) is 2.22. The van der Waals surface area contributed by atoms with Crippen LogP contribution >= 0.6 is 0 Å². The van der Waals surface area contributed by atoms with Gasteiger partial charge in [0.15, 0.2) is 0 Å². The van der Waals surface area contributed by atoms with Crippen LogP contribution < -0.4 is 0 Å². The quantitative estimate of drug-likeness (QED) is 0.777. The Morgan fingerprint density at radius 1 is 1.21 bits per heavy atom. The zero-order valence-corrected chi connectivity index (χ0v) is 11.1. The van der Waals surface area contributed by atoms with E-state index in [0.29, 0.717) is 5.56 Å². The lowest BCUT2D eigenvalue weighted by Gasteiger charge is -2.18. The standard InChI is InChI=1S/C15H16F2O2/c1-9(2)14(19-10(3)18)13-12(15(13,16)17)11-7-5-4-6-8-11/h4-9,14H,1-3H3. The molecule has 0 aliphatic heterocycles. The topological polar surface area (TPSA) is 26.3 Å². The number of carbonyl (C=O) groups excluding carboxylic acids is 1. The Labute approximate surface area is 111 Å². The second kappa shape index (κ2) is 4.76. The van der Waals surface area contributed by atoms with Gasteiger partial charge in [0.1, 0.15) is 6.10 Å². The molecule has 0 amide bonds. The lowest BCUT2D eigenvalue weighted by Crippen LogP contribution is -2.24. The third-order valence-corrected chi connectivity index (χ3v) is 3.10. The van der Waals surface area contributed by atoms with Crippen molar-refractivity contribution in [3.8, 4) is 0 Å². The molecule has 2 rings (SSSR count). The Kier molecular flexibility index (Phi) is 3.43. The largest absolute Gasteiger partial charge is 0.457 e. The molecule has 1 aliphatic rings. The highest BCUT2D eigenvalue weighted by molar-refractivity contribution is 5.92. The summed E-state index contributed by atoms with van der Waals surface area (Å²) in [6, 6.07) is 8.48. The number of hydrogen-bond acceptors (Lipinski definition) is 2. The molecule has 1 atom stereocenters. The molecule has 4 heteroatoms. The Morgan fingerprint density at radius 2 is 1.79 bits per heavy atom. The van der Waals surface area contributed by atoms with Gasteiger partial charge < -0.3 is 4.74 Å². The van der Waals surface area contributed by atoms with Crippen LogP contribution in [0.15, 0.2) is 35.9 Å². The zero-order chi connectivity index (χ0) is 14.2. The highest BCUT2D eigenvalue weighted by Crippen LogP contribution is 2.58. The summed E-state index contributed by atoms with van der Waals surface area (Å²) in [4.78, 5) is 11.1. The molecule has 1 aromatic rings. The molecule has 19 heavy (non-hydrogen) atoms. The summed E-state index contributed by atoms with van der Waals surface area (Å²) >= 11 is 0. The van der Waals surface area contributed by atoms with Crippen LogP contribution in [0.2, 0.25) is 0 Å². The molecular weight excluding hydrogens is 250 g/mol. The Hall–Kier alpha value is -1.71. The maximum atomic E-state index is 13.9. The summed E-state index contributed by atoms with van der Waals surface area (Å²) < 4.78 is 32.9. The van der Waals surface area contributed by atoms with Crippen LogP contribution in [0.5, 0.6) is 0 Å². The van der Waals surface area contributed by atoms with Crippen molar-refractivity contribution < 1.29 is 18.3 Å². The van der Waals surface area contributed by atoms with Crippen LogP contribution in [0.1, 0.15) is 26.3 Å². The first-order valence-corrected chi connectivity index (χ1v) is 6.21. The van der Waals surface area contributed by atoms with Gasteiger partial charge in [0.05, 0.1) is 5.57 Å². The second-order valence-electron chi connectivity index (χ2n) is 5.00. The molecule has 102 valence electrons. The summed E-state index contributed by atoms with van der Waals surface area (Å²) in [6.45, 7) is 4.76. The van der Waals surface area contributed by atoms with Crippen LogP contribution in [0.4, 0.5) is 8.78 Å². The molecule has 0 N–H and O–H groups in total. The summed E-state index contributed by atoms with van der Waals surface area (Å²) in [5.41, 5.74) is 0.414. The third kappa shape index (κ3) is 2.53. The van der Waals surface area contributed by atoms with E-state index in [1.54, 1.807) is 44.2 Å². The Bertz CT molecular complexity index is 518. The Morgan fingerprint density at radius 3 is 2.26 bits per heavy atom. The van der Waals surface area contributed by atoms with Gasteiger partial charge in [0.2, 0.25) is 0 Å². The number of benzene rings is 1. The number of hydrogen-bond donors (Lipinski definition) is 0. The van der Waals surface area contributed by atoms with Gasteiger partial charge in [-0.3, -0.25) is 4.79 Å². The monoisotopic (exact) mass is 266 g/mol. The maximum Gasteiger partial charge on any atom is 0.303 e. The van der Waals surface area contributed by atoms with Crippen molar-refractivity contribution in [1.29, 1.82) is 0 Å². The smallest absolute Gasteiger partial charge is 0.303 e. The summed E-state index contributed by atoms with van der Waals surface area (Å²) in [6.07, 6.45) is -0.859. The van der Waals surface area contributed by atoms with E-state index in [-0.39, 0.29) is 17.1 Å². The normalized spacial score (nSPS) is 18.4. The highest BCUT2D eigenvalue weighted by Gasteiger charge is 2.60. The first-order chi connectivity index (χ1) is 8.85. The number of carbonyl (C=O) groups is 1. The van der Waals surface area contributed by atoms with Crippen molar-refractivity contribution >= 4 is 11.5 Å². The molecule has 0 saturated heterocycles. The maximum absolute atomic E-state index is 13.9. The summed E-state index contributed by atoms with van der Waals surface area (Å²) in [7, 11) is 0. The second-order valence-corrected chi connectivity index (χ2v) is 5.00. The number of rotatable bonds is 4. The van der Waals surface area contributed by atoms with Crippen LogP contribution in [-0.4, -0.2) is 18.0 Å². The predicted molar refractivity (Wildman–Crippen MR) is 68.7 cm³/mol. The van der Waals surface area contributed by atoms with Crippen molar-refractivity contribution in [2.75, 3.05) is 0 Å². The molecule has 0 heterocycles. The van der Waals surface area contributed by atoms with Crippen LogP contribution in [0, 0.1) is 5.92 Å².